The summed E-state index contributed by atoms with van der Waals surface area (Å²) in [6.45, 7) is -0.567. The number of likely N-dealkylation sites (tertiary alicyclic amines) is 1. The fraction of sp³-hybridized carbons (Fsp3) is 0.308. The van der Waals surface area contributed by atoms with Gasteiger partial charge in [0.25, 0.3) is 5.91 Å². The molecule has 12 nitrogen and oxygen atoms in total. The normalized spacial score (nSPS) is 16.1. The number of hydrogen-bond donors (Lipinski definition) is 3. The third-order valence-corrected chi connectivity index (χ3v) is 6.47. The second-order valence-corrected chi connectivity index (χ2v) is 9.83. The molecule has 1 aliphatic carbocycles. The molecule has 0 spiro atoms. The minimum absolute atomic E-state index is 0.0847. The standard InChI is InChI=1S/C26H24ClFN6O6/c27-16-4-7-18(28)19(10-16)31-20-11-21(30-17-5-6-17)34-25(32-20)15(12-29-34)8-14-9-22(35)33(26(14)39)13-40-24(38)3-1-2-23(36)37/h4,7-8,10-12,17,30H,1-3,5-6,9,13H2,(H,31,32)(H,36,37)/b14-8+. The first-order valence-electron chi connectivity index (χ1n) is 12.5. The van der Waals surface area contributed by atoms with E-state index in [0.29, 0.717) is 27.9 Å². The molecule has 0 atom stereocenters. The number of ether oxygens (including phenoxy) is 1. The van der Waals surface area contributed by atoms with Gasteiger partial charge in [0.1, 0.15) is 17.5 Å². The molecule has 3 heterocycles. The Labute approximate surface area is 231 Å². The number of carbonyl (C=O) groups excluding carboxylic acids is 3. The molecule has 2 aliphatic rings. The molecule has 2 amide bonds. The highest BCUT2D eigenvalue weighted by molar-refractivity contribution is 6.30. The lowest BCUT2D eigenvalue weighted by Crippen LogP contribution is -2.32. The van der Waals surface area contributed by atoms with Crippen LogP contribution in [-0.4, -0.2) is 61.1 Å². The predicted molar refractivity (Wildman–Crippen MR) is 141 cm³/mol. The van der Waals surface area contributed by atoms with Crippen LogP contribution in [0, 0.1) is 5.82 Å². The summed E-state index contributed by atoms with van der Waals surface area (Å²) in [6.07, 6.45) is 4.50. The van der Waals surface area contributed by atoms with Gasteiger partial charge in [0.2, 0.25) is 5.91 Å². The van der Waals surface area contributed by atoms with E-state index in [0.717, 1.165) is 17.7 Å². The largest absolute Gasteiger partial charge is 0.481 e. The second kappa shape index (κ2) is 11.3. The van der Waals surface area contributed by atoms with E-state index < -0.39 is 36.3 Å². The third-order valence-electron chi connectivity index (χ3n) is 6.24. The maximum absolute atomic E-state index is 14.4. The van der Waals surface area contributed by atoms with E-state index in [1.54, 1.807) is 10.6 Å². The van der Waals surface area contributed by atoms with E-state index in [4.69, 9.17) is 21.4 Å². The minimum atomic E-state index is -1.04. The van der Waals surface area contributed by atoms with Gasteiger partial charge in [-0.2, -0.15) is 9.61 Å². The zero-order chi connectivity index (χ0) is 28.4. The average molecular weight is 571 g/mol. The maximum Gasteiger partial charge on any atom is 0.307 e. The number of imide groups is 1. The molecule has 3 N–H and O–H groups in total. The number of aromatic nitrogens is 3. The molecule has 1 saturated heterocycles. The van der Waals surface area contributed by atoms with Gasteiger partial charge in [-0.3, -0.25) is 19.2 Å². The van der Waals surface area contributed by atoms with Crippen LogP contribution in [0.1, 0.15) is 44.1 Å². The highest BCUT2D eigenvalue weighted by atomic mass is 35.5. The molecule has 1 aliphatic heterocycles. The van der Waals surface area contributed by atoms with E-state index in [2.05, 4.69) is 20.7 Å². The van der Waals surface area contributed by atoms with Crippen molar-refractivity contribution < 1.29 is 33.4 Å². The van der Waals surface area contributed by atoms with Gasteiger partial charge in [0.15, 0.2) is 12.4 Å². The van der Waals surface area contributed by atoms with Crippen molar-refractivity contribution in [1.29, 1.82) is 0 Å². The number of amides is 2. The molecule has 2 fully saturated rings. The highest BCUT2D eigenvalue weighted by Crippen LogP contribution is 2.30. The Kier molecular flexibility index (Phi) is 7.65. The molecule has 1 aromatic carbocycles. The van der Waals surface area contributed by atoms with Crippen molar-refractivity contribution in [1.82, 2.24) is 19.5 Å². The van der Waals surface area contributed by atoms with E-state index in [9.17, 15) is 23.6 Å². The summed E-state index contributed by atoms with van der Waals surface area (Å²) >= 11 is 6.03. The molecule has 0 unspecified atom stereocenters. The monoisotopic (exact) mass is 570 g/mol. The van der Waals surface area contributed by atoms with Crippen LogP contribution in [0.25, 0.3) is 11.7 Å². The number of rotatable bonds is 11. The Balaban J connectivity index is 1.37. The number of carbonyl (C=O) groups is 4. The van der Waals surface area contributed by atoms with Crippen molar-refractivity contribution in [2.75, 3.05) is 17.4 Å². The number of fused-ring (bicyclic) bond motifs is 1. The first-order chi connectivity index (χ1) is 19.2. The van der Waals surface area contributed by atoms with Gasteiger partial charge in [0.05, 0.1) is 18.3 Å². The van der Waals surface area contributed by atoms with Crippen molar-refractivity contribution in [2.24, 2.45) is 0 Å². The van der Waals surface area contributed by atoms with Crippen LogP contribution in [0.3, 0.4) is 0 Å². The Hall–Kier alpha value is -4.52. The SMILES string of the molecule is O=C(O)CCCC(=O)OCN1C(=O)C/C(=C\c2cnn3c(NC4CC4)cc(Nc4cc(Cl)ccc4F)nc23)C1=O. The summed E-state index contributed by atoms with van der Waals surface area (Å²) < 4.78 is 20.9. The molecule has 3 aromatic rings. The Bertz CT molecular complexity index is 1550. The molecule has 208 valence electrons. The Morgan fingerprint density at radius 1 is 1.23 bits per heavy atom. The van der Waals surface area contributed by atoms with Crippen molar-refractivity contribution in [3.63, 3.8) is 0 Å². The first-order valence-corrected chi connectivity index (χ1v) is 12.9. The third kappa shape index (κ3) is 6.20. The number of halogens is 2. The number of carboxylic acids is 1. The van der Waals surface area contributed by atoms with Crippen LogP contribution in [0.15, 0.2) is 36.0 Å². The van der Waals surface area contributed by atoms with Gasteiger partial charge < -0.3 is 20.5 Å². The second-order valence-electron chi connectivity index (χ2n) is 9.40. The average Bonchev–Trinajstić information content (AvgIpc) is 3.56. The molecule has 2 aromatic heterocycles. The fourth-order valence-electron chi connectivity index (χ4n) is 4.06. The number of carboxylic acid groups (broad SMARTS) is 1. The number of anilines is 3. The topological polar surface area (TPSA) is 155 Å². The van der Waals surface area contributed by atoms with Gasteiger partial charge in [-0.1, -0.05) is 11.6 Å². The number of hydrogen-bond acceptors (Lipinski definition) is 9. The lowest BCUT2D eigenvalue weighted by atomic mass is 10.1. The first kappa shape index (κ1) is 27.1. The molecule has 0 bridgehead atoms. The number of aliphatic carboxylic acids is 1. The van der Waals surface area contributed by atoms with Gasteiger partial charge in [0, 0.05) is 41.1 Å². The summed E-state index contributed by atoms with van der Waals surface area (Å²) in [7, 11) is 0. The van der Waals surface area contributed by atoms with Crippen molar-refractivity contribution in [3.05, 3.63) is 52.4 Å². The minimum Gasteiger partial charge on any atom is -0.481 e. The number of esters is 1. The molecule has 40 heavy (non-hydrogen) atoms. The van der Waals surface area contributed by atoms with Gasteiger partial charge in [-0.05, 0) is 43.5 Å². The smallest absolute Gasteiger partial charge is 0.307 e. The van der Waals surface area contributed by atoms with Crippen LogP contribution >= 0.6 is 11.6 Å². The molecule has 0 radical (unpaired) electrons. The Morgan fingerprint density at radius 3 is 2.77 bits per heavy atom. The van der Waals surface area contributed by atoms with Gasteiger partial charge in [-0.25, -0.2) is 14.3 Å². The van der Waals surface area contributed by atoms with Crippen molar-refractivity contribution >= 4 is 64.4 Å². The van der Waals surface area contributed by atoms with Crippen LogP contribution < -0.4 is 10.6 Å². The van der Waals surface area contributed by atoms with E-state index in [1.807, 2.05) is 0 Å². The zero-order valence-electron chi connectivity index (χ0n) is 21.0. The predicted octanol–water partition coefficient (Wildman–Crippen LogP) is 3.74. The van der Waals surface area contributed by atoms with E-state index >= 15 is 0 Å². The zero-order valence-corrected chi connectivity index (χ0v) is 21.8. The highest BCUT2D eigenvalue weighted by Gasteiger charge is 2.35. The maximum atomic E-state index is 14.4. The quantitative estimate of drug-likeness (QED) is 0.176. The summed E-state index contributed by atoms with van der Waals surface area (Å²) in [6, 6.07) is 6.06. The molecular weight excluding hydrogens is 547 g/mol. The number of nitrogens with zero attached hydrogens (tertiary/aromatic N) is 4. The number of nitrogens with one attached hydrogen (secondary N) is 2. The van der Waals surface area contributed by atoms with Crippen LogP contribution in [-0.2, 0) is 23.9 Å². The van der Waals surface area contributed by atoms with Gasteiger partial charge >= 0.3 is 11.9 Å². The van der Waals surface area contributed by atoms with Crippen molar-refractivity contribution in [3.8, 4) is 0 Å². The molecule has 14 heteroatoms. The number of benzene rings is 1. The summed E-state index contributed by atoms with van der Waals surface area (Å²) in [4.78, 5) is 53.2. The fourth-order valence-corrected chi connectivity index (χ4v) is 4.23. The molecule has 1 saturated carbocycles. The van der Waals surface area contributed by atoms with Crippen LogP contribution in [0.2, 0.25) is 5.02 Å². The summed E-state index contributed by atoms with van der Waals surface area (Å²) in [5.41, 5.74) is 1.08. The van der Waals surface area contributed by atoms with E-state index in [1.165, 1.54) is 30.5 Å². The lowest BCUT2D eigenvalue weighted by Gasteiger charge is -2.13. The van der Waals surface area contributed by atoms with E-state index in [-0.39, 0.29) is 43.0 Å². The summed E-state index contributed by atoms with van der Waals surface area (Å²) in [5, 5.41) is 19.7. The lowest BCUT2D eigenvalue weighted by molar-refractivity contribution is -0.155. The molecular formula is C26H24ClFN6O6. The summed E-state index contributed by atoms with van der Waals surface area (Å²) in [5.74, 6) is -2.53. The Morgan fingerprint density at radius 2 is 2.02 bits per heavy atom. The van der Waals surface area contributed by atoms with Crippen LogP contribution in [0.5, 0.6) is 0 Å². The van der Waals surface area contributed by atoms with Crippen molar-refractivity contribution in [2.45, 2.75) is 44.6 Å². The molecule has 5 rings (SSSR count). The van der Waals surface area contributed by atoms with Crippen LogP contribution in [0.4, 0.5) is 21.7 Å². The van der Waals surface area contributed by atoms with Gasteiger partial charge in [-0.15, -0.1) is 0 Å².